The van der Waals surface area contributed by atoms with Crippen molar-refractivity contribution in [2.75, 3.05) is 20.4 Å². The first-order chi connectivity index (χ1) is 13.1. The summed E-state index contributed by atoms with van der Waals surface area (Å²) in [7, 11) is -0.329. The molecule has 27 heavy (non-hydrogen) atoms. The third-order valence-corrected chi connectivity index (χ3v) is 6.94. The second-order valence-electron chi connectivity index (χ2n) is 6.68. The lowest BCUT2D eigenvalue weighted by atomic mass is 9.89. The van der Waals surface area contributed by atoms with E-state index in [1.807, 2.05) is 48.6 Å². The molecule has 0 spiro atoms. The van der Waals surface area contributed by atoms with E-state index in [4.69, 9.17) is 9.05 Å². The van der Waals surface area contributed by atoms with Gasteiger partial charge in [0.25, 0.3) is 0 Å². The number of hydrogen-bond acceptors (Lipinski definition) is 4. The lowest BCUT2D eigenvalue weighted by molar-refractivity contribution is 0.262. The van der Waals surface area contributed by atoms with E-state index in [2.05, 4.69) is 41.7 Å². The summed E-state index contributed by atoms with van der Waals surface area (Å²) in [5, 5.41) is 3.76. The first kappa shape index (κ1) is 19.8. The van der Waals surface area contributed by atoms with Crippen molar-refractivity contribution in [1.82, 2.24) is 5.32 Å². The maximum absolute atomic E-state index is 12.9. The van der Waals surface area contributed by atoms with Crippen molar-refractivity contribution < 1.29 is 13.6 Å². The monoisotopic (exact) mass is 383 g/mol. The van der Waals surface area contributed by atoms with E-state index in [0.717, 1.165) is 11.1 Å². The van der Waals surface area contributed by atoms with Gasteiger partial charge in [-0.05, 0) is 17.5 Å². The van der Waals surface area contributed by atoms with E-state index in [9.17, 15) is 4.57 Å². The predicted octanol–water partition coefficient (Wildman–Crippen LogP) is 5.11. The van der Waals surface area contributed by atoms with Gasteiger partial charge in [0.2, 0.25) is 0 Å². The summed E-state index contributed by atoms with van der Waals surface area (Å²) in [5.41, 5.74) is 1.76. The zero-order valence-corrected chi connectivity index (χ0v) is 16.6. The van der Waals surface area contributed by atoms with Crippen LogP contribution in [0.15, 0.2) is 85.0 Å². The van der Waals surface area contributed by atoms with Crippen LogP contribution in [-0.4, -0.2) is 25.9 Å². The minimum absolute atomic E-state index is 0.0503. The van der Waals surface area contributed by atoms with Crippen molar-refractivity contribution in [2.45, 2.75) is 18.0 Å². The molecule has 0 unspecified atom stereocenters. The Morgan fingerprint density at radius 3 is 1.96 bits per heavy atom. The number of rotatable bonds is 8. The summed E-state index contributed by atoms with van der Waals surface area (Å²) in [4.78, 5) is 0. The SMILES string of the molecule is COP(=O)(C[C@]1(NC(c2ccccc2)c2ccccc2)C=CC=CC1)OC. The standard InChI is InChI=1S/C22H26NO3P/c1-25-27(24,26-2)18-22(16-10-5-11-17-22)23-21(19-12-6-3-7-13-19)20-14-8-4-9-15-20/h3-16,21,23H,17-18H2,1-2H3/t22-/m0/s1. The summed E-state index contributed by atoms with van der Waals surface area (Å²) < 4.78 is 23.4. The van der Waals surface area contributed by atoms with Crippen molar-refractivity contribution in [2.24, 2.45) is 0 Å². The zero-order chi connectivity index (χ0) is 19.2. The van der Waals surface area contributed by atoms with Crippen LogP contribution in [0.3, 0.4) is 0 Å². The van der Waals surface area contributed by atoms with Gasteiger partial charge in [0.05, 0.1) is 17.7 Å². The van der Waals surface area contributed by atoms with Gasteiger partial charge in [0, 0.05) is 14.2 Å². The number of hydrogen-bond donors (Lipinski definition) is 1. The molecule has 2 aromatic rings. The van der Waals surface area contributed by atoms with E-state index in [1.54, 1.807) is 0 Å². The van der Waals surface area contributed by atoms with Crippen LogP contribution in [0, 0.1) is 0 Å². The molecule has 0 amide bonds. The minimum Gasteiger partial charge on any atom is -0.312 e. The molecule has 5 heteroatoms. The first-order valence-corrected chi connectivity index (χ1v) is 10.7. The largest absolute Gasteiger partial charge is 0.332 e. The highest BCUT2D eigenvalue weighted by Crippen LogP contribution is 2.50. The van der Waals surface area contributed by atoms with Gasteiger partial charge in [0.15, 0.2) is 0 Å². The summed E-state index contributed by atoms with van der Waals surface area (Å²) in [6.07, 6.45) is 9.09. The molecular weight excluding hydrogens is 357 g/mol. The van der Waals surface area contributed by atoms with E-state index in [-0.39, 0.29) is 12.2 Å². The average Bonchev–Trinajstić information content (AvgIpc) is 2.74. The summed E-state index contributed by atoms with van der Waals surface area (Å²) in [6, 6.07) is 20.5. The van der Waals surface area contributed by atoms with Gasteiger partial charge < -0.3 is 9.05 Å². The molecule has 0 aromatic heterocycles. The lowest BCUT2D eigenvalue weighted by Crippen LogP contribution is -2.49. The molecule has 0 aliphatic heterocycles. The first-order valence-electron chi connectivity index (χ1n) is 9.02. The Labute approximate surface area is 161 Å². The topological polar surface area (TPSA) is 47.6 Å². The van der Waals surface area contributed by atoms with Crippen LogP contribution in [0.2, 0.25) is 0 Å². The molecule has 1 atom stereocenters. The molecule has 3 rings (SSSR count). The molecule has 0 bridgehead atoms. The molecule has 1 aliphatic rings. The fourth-order valence-corrected chi connectivity index (χ4v) is 4.85. The average molecular weight is 383 g/mol. The van der Waals surface area contributed by atoms with Crippen LogP contribution < -0.4 is 5.32 Å². The molecule has 0 radical (unpaired) electrons. The summed E-state index contributed by atoms with van der Waals surface area (Å²) in [6.45, 7) is 0. The van der Waals surface area contributed by atoms with Gasteiger partial charge in [0.1, 0.15) is 0 Å². The van der Waals surface area contributed by atoms with Crippen LogP contribution in [-0.2, 0) is 13.6 Å². The number of allylic oxidation sites excluding steroid dienone is 2. The molecule has 1 aliphatic carbocycles. The molecule has 0 saturated heterocycles. The fraction of sp³-hybridized carbons (Fsp3) is 0.273. The fourth-order valence-electron chi connectivity index (χ4n) is 3.42. The molecule has 0 saturated carbocycles. The van der Waals surface area contributed by atoms with Crippen LogP contribution in [0.25, 0.3) is 0 Å². The highest BCUT2D eigenvalue weighted by atomic mass is 31.2. The highest BCUT2D eigenvalue weighted by Gasteiger charge is 2.39. The maximum atomic E-state index is 12.9. The van der Waals surface area contributed by atoms with Gasteiger partial charge >= 0.3 is 7.60 Å². The van der Waals surface area contributed by atoms with Crippen molar-refractivity contribution in [1.29, 1.82) is 0 Å². The summed E-state index contributed by atoms with van der Waals surface area (Å²) in [5.74, 6) is 0. The van der Waals surface area contributed by atoms with Crippen LogP contribution >= 0.6 is 7.60 Å². The molecule has 0 fully saturated rings. The Bertz CT molecular complexity index is 788. The van der Waals surface area contributed by atoms with E-state index in [0.29, 0.717) is 6.42 Å². The molecule has 2 aromatic carbocycles. The zero-order valence-electron chi connectivity index (χ0n) is 15.7. The second-order valence-corrected chi connectivity index (χ2v) is 8.95. The maximum Gasteiger partial charge on any atom is 0.332 e. The minimum atomic E-state index is -3.20. The Morgan fingerprint density at radius 1 is 0.963 bits per heavy atom. The Hall–Kier alpha value is -1.97. The molecular formula is C22H26NO3P. The van der Waals surface area contributed by atoms with E-state index < -0.39 is 13.1 Å². The molecule has 142 valence electrons. The molecule has 0 heterocycles. The van der Waals surface area contributed by atoms with Crippen LogP contribution in [0.1, 0.15) is 23.6 Å². The Balaban J connectivity index is 1.99. The Morgan fingerprint density at radius 2 is 1.52 bits per heavy atom. The van der Waals surface area contributed by atoms with Crippen molar-refractivity contribution in [3.8, 4) is 0 Å². The number of nitrogens with one attached hydrogen (secondary N) is 1. The van der Waals surface area contributed by atoms with Gasteiger partial charge in [-0.25, -0.2) is 0 Å². The van der Waals surface area contributed by atoms with Crippen LogP contribution in [0.4, 0.5) is 0 Å². The van der Waals surface area contributed by atoms with Gasteiger partial charge in [-0.2, -0.15) is 0 Å². The highest BCUT2D eigenvalue weighted by molar-refractivity contribution is 7.53. The van der Waals surface area contributed by atoms with Gasteiger partial charge in [-0.3, -0.25) is 9.88 Å². The molecule has 4 nitrogen and oxygen atoms in total. The third-order valence-electron chi connectivity index (χ3n) is 4.87. The smallest absolute Gasteiger partial charge is 0.312 e. The van der Waals surface area contributed by atoms with Crippen molar-refractivity contribution in [3.63, 3.8) is 0 Å². The quantitative estimate of drug-likeness (QED) is 0.644. The van der Waals surface area contributed by atoms with Gasteiger partial charge in [-0.1, -0.05) is 85.0 Å². The van der Waals surface area contributed by atoms with Crippen molar-refractivity contribution >= 4 is 7.60 Å². The lowest BCUT2D eigenvalue weighted by Gasteiger charge is -2.38. The number of benzene rings is 2. The predicted molar refractivity (Wildman–Crippen MR) is 110 cm³/mol. The normalized spacial score (nSPS) is 19.5. The van der Waals surface area contributed by atoms with Crippen LogP contribution in [0.5, 0.6) is 0 Å². The second kappa shape index (κ2) is 8.81. The molecule has 1 N–H and O–H groups in total. The third kappa shape index (κ3) is 4.85. The van der Waals surface area contributed by atoms with Gasteiger partial charge in [-0.15, -0.1) is 0 Å². The summed E-state index contributed by atoms with van der Waals surface area (Å²) >= 11 is 0. The van der Waals surface area contributed by atoms with Crippen molar-refractivity contribution in [3.05, 3.63) is 96.1 Å². The van der Waals surface area contributed by atoms with E-state index in [1.165, 1.54) is 14.2 Å². The Kier molecular flexibility index (Phi) is 6.46. The van der Waals surface area contributed by atoms with E-state index >= 15 is 0 Å².